The fraction of sp³-hybridized carbons (Fsp3) is 0.250. The molecule has 0 saturated carbocycles. The molecule has 0 unspecified atom stereocenters. The van der Waals surface area contributed by atoms with Gasteiger partial charge in [0.15, 0.2) is 0 Å². The van der Waals surface area contributed by atoms with Gasteiger partial charge in [-0.1, -0.05) is 44.2 Å². The maximum absolute atomic E-state index is 9.28. The van der Waals surface area contributed by atoms with Crippen molar-refractivity contribution >= 4 is 5.82 Å². The van der Waals surface area contributed by atoms with Crippen LogP contribution in [0.2, 0.25) is 0 Å². The van der Waals surface area contributed by atoms with Crippen molar-refractivity contribution in [2.75, 3.05) is 5.73 Å². The summed E-state index contributed by atoms with van der Waals surface area (Å²) in [7, 11) is 0. The quantitative estimate of drug-likeness (QED) is 0.912. The number of H-pyrrole nitrogens is 1. The molecule has 1 aromatic carbocycles. The van der Waals surface area contributed by atoms with Gasteiger partial charge in [0.2, 0.25) is 0 Å². The number of nitrogens with zero attached hydrogens (tertiary/aromatic N) is 1. The van der Waals surface area contributed by atoms with Gasteiger partial charge in [0.05, 0.1) is 0 Å². The predicted molar refractivity (Wildman–Crippen MR) is 76.1 cm³/mol. The van der Waals surface area contributed by atoms with Crippen LogP contribution in [0, 0.1) is 17.2 Å². The average molecular weight is 252 g/mol. The Labute approximate surface area is 113 Å². The number of aromatic nitrogens is 1. The van der Waals surface area contributed by atoms with Crippen molar-refractivity contribution in [3.05, 3.63) is 47.7 Å². The van der Waals surface area contributed by atoms with Crippen LogP contribution in [0.1, 0.15) is 25.1 Å². The summed E-state index contributed by atoms with van der Waals surface area (Å²) >= 11 is 0. The molecule has 19 heavy (non-hydrogen) atoms. The number of nitrogens with two attached hydrogens (primary N) is 1. The van der Waals surface area contributed by atoms with Gasteiger partial charge in [0.25, 0.3) is 5.82 Å². The fourth-order valence-electron chi connectivity index (χ4n) is 2.18. The van der Waals surface area contributed by atoms with Gasteiger partial charge in [-0.25, -0.2) is 4.98 Å². The number of benzene rings is 1. The Morgan fingerprint density at radius 2 is 1.95 bits per heavy atom. The molecule has 0 saturated heterocycles. The number of nitrogen functional groups attached to an aromatic ring is 1. The van der Waals surface area contributed by atoms with Gasteiger partial charge in [0.1, 0.15) is 17.3 Å². The Hall–Kier alpha value is -2.34. The molecule has 3 heteroatoms. The van der Waals surface area contributed by atoms with E-state index in [0.717, 1.165) is 23.2 Å². The third-order valence-electron chi connectivity index (χ3n) is 2.98. The van der Waals surface area contributed by atoms with Crippen LogP contribution in [0.15, 0.2) is 36.4 Å². The van der Waals surface area contributed by atoms with Crippen molar-refractivity contribution < 1.29 is 4.98 Å². The number of nitrogens with one attached hydrogen (secondary N) is 1. The zero-order chi connectivity index (χ0) is 13.8. The van der Waals surface area contributed by atoms with E-state index in [4.69, 9.17) is 5.73 Å². The molecule has 0 aliphatic heterocycles. The molecule has 1 heterocycles. The smallest absolute Gasteiger partial charge is 0.286 e. The molecule has 0 atom stereocenters. The van der Waals surface area contributed by atoms with E-state index in [0.29, 0.717) is 17.3 Å². The fourth-order valence-corrected chi connectivity index (χ4v) is 2.18. The standard InChI is InChI=1S/C16H17N3/c1-11(2)8-13-9-14(12-6-4-3-5-7-12)15(10-17)16(18)19-13/h3-7,9,11H,8H2,1-2H3,(H2,18,19)/p+1. The Balaban J connectivity index is 2.58. The predicted octanol–water partition coefficient (Wildman–Crippen LogP) is 2.82. The number of rotatable bonds is 3. The summed E-state index contributed by atoms with van der Waals surface area (Å²) in [5.74, 6) is 0.978. The van der Waals surface area contributed by atoms with E-state index in [-0.39, 0.29) is 0 Å². The molecule has 0 spiro atoms. The Kier molecular flexibility index (Phi) is 3.82. The topological polar surface area (TPSA) is 64.0 Å². The van der Waals surface area contributed by atoms with Crippen LogP contribution < -0.4 is 10.7 Å². The summed E-state index contributed by atoms with van der Waals surface area (Å²) in [5, 5.41) is 9.28. The number of hydrogen-bond donors (Lipinski definition) is 1. The highest BCUT2D eigenvalue weighted by Crippen LogP contribution is 2.26. The molecule has 0 aliphatic carbocycles. The summed E-state index contributed by atoms with van der Waals surface area (Å²) in [4.78, 5) is 3.12. The molecule has 0 radical (unpaired) electrons. The molecule has 1 aromatic heterocycles. The summed E-state index contributed by atoms with van der Waals surface area (Å²) in [6.45, 7) is 4.31. The van der Waals surface area contributed by atoms with Gasteiger partial charge in [0, 0.05) is 12.0 Å². The number of nitriles is 1. The van der Waals surface area contributed by atoms with Crippen molar-refractivity contribution in [1.82, 2.24) is 0 Å². The van der Waals surface area contributed by atoms with Crippen LogP contribution >= 0.6 is 0 Å². The number of anilines is 1. The molecule has 2 aromatic rings. The molecular weight excluding hydrogens is 234 g/mol. The summed E-state index contributed by atoms with van der Waals surface area (Å²) in [6, 6.07) is 14.1. The molecule has 96 valence electrons. The molecule has 0 fully saturated rings. The number of aromatic amines is 1. The third kappa shape index (κ3) is 2.92. The SMILES string of the molecule is CC(C)Cc1cc(-c2ccccc2)c(C#N)c(N)[nH+]1. The molecule has 3 N–H and O–H groups in total. The summed E-state index contributed by atoms with van der Waals surface area (Å²) < 4.78 is 0. The maximum atomic E-state index is 9.28. The first kappa shape index (κ1) is 13.1. The second-order valence-corrected chi connectivity index (χ2v) is 5.07. The Morgan fingerprint density at radius 3 is 2.53 bits per heavy atom. The molecule has 2 rings (SSSR count). The van der Waals surface area contributed by atoms with Crippen molar-refractivity contribution in [2.45, 2.75) is 20.3 Å². The Bertz CT molecular complexity index is 610. The molecule has 0 bridgehead atoms. The second-order valence-electron chi connectivity index (χ2n) is 5.07. The minimum atomic E-state index is 0.444. The van der Waals surface area contributed by atoms with E-state index >= 15 is 0 Å². The zero-order valence-corrected chi connectivity index (χ0v) is 11.3. The van der Waals surface area contributed by atoms with Crippen LogP contribution in [-0.2, 0) is 6.42 Å². The van der Waals surface area contributed by atoms with Crippen molar-refractivity contribution in [1.29, 1.82) is 5.26 Å². The first-order chi connectivity index (χ1) is 9.11. The van der Waals surface area contributed by atoms with Crippen molar-refractivity contribution in [2.24, 2.45) is 5.92 Å². The van der Waals surface area contributed by atoms with Crippen LogP contribution in [0.25, 0.3) is 11.1 Å². The monoisotopic (exact) mass is 252 g/mol. The molecule has 0 aliphatic rings. The lowest BCUT2D eigenvalue weighted by atomic mass is 9.98. The van der Waals surface area contributed by atoms with Gasteiger partial charge in [-0.2, -0.15) is 5.26 Å². The van der Waals surface area contributed by atoms with E-state index in [1.54, 1.807) is 0 Å². The van der Waals surface area contributed by atoms with Crippen LogP contribution in [-0.4, -0.2) is 0 Å². The zero-order valence-electron chi connectivity index (χ0n) is 11.3. The first-order valence-electron chi connectivity index (χ1n) is 6.42. The van der Waals surface area contributed by atoms with Crippen molar-refractivity contribution in [3.63, 3.8) is 0 Å². The summed E-state index contributed by atoms with van der Waals surface area (Å²) in [6.07, 6.45) is 0.912. The Morgan fingerprint density at radius 1 is 1.26 bits per heavy atom. The lowest BCUT2D eigenvalue weighted by Crippen LogP contribution is -2.20. The van der Waals surface area contributed by atoms with E-state index in [1.165, 1.54) is 0 Å². The largest absolute Gasteiger partial charge is 0.289 e. The third-order valence-corrected chi connectivity index (χ3v) is 2.98. The van der Waals surface area contributed by atoms with Gasteiger partial charge >= 0.3 is 0 Å². The van der Waals surface area contributed by atoms with Gasteiger partial charge in [-0.3, -0.25) is 5.73 Å². The van der Waals surface area contributed by atoms with Gasteiger partial charge in [-0.05, 0) is 17.5 Å². The lowest BCUT2D eigenvalue weighted by molar-refractivity contribution is -0.373. The van der Waals surface area contributed by atoms with E-state index in [9.17, 15) is 5.26 Å². The molecular formula is C16H18N3+. The number of hydrogen-bond acceptors (Lipinski definition) is 2. The van der Waals surface area contributed by atoms with E-state index < -0.39 is 0 Å². The normalized spacial score (nSPS) is 10.4. The van der Waals surface area contributed by atoms with Crippen molar-refractivity contribution in [3.8, 4) is 17.2 Å². The lowest BCUT2D eigenvalue weighted by Gasteiger charge is -2.08. The molecule has 3 nitrogen and oxygen atoms in total. The van der Waals surface area contributed by atoms with E-state index in [2.05, 4.69) is 24.9 Å². The average Bonchev–Trinajstić information content (AvgIpc) is 2.38. The van der Waals surface area contributed by atoms with Crippen LogP contribution in [0.3, 0.4) is 0 Å². The van der Waals surface area contributed by atoms with Gasteiger partial charge < -0.3 is 0 Å². The first-order valence-corrected chi connectivity index (χ1v) is 6.42. The number of pyridine rings is 1. The minimum absolute atomic E-state index is 0.444. The van der Waals surface area contributed by atoms with Crippen LogP contribution in [0.5, 0.6) is 0 Å². The summed E-state index contributed by atoms with van der Waals surface area (Å²) in [5.41, 5.74) is 9.46. The highest BCUT2D eigenvalue weighted by Gasteiger charge is 2.16. The highest BCUT2D eigenvalue weighted by atomic mass is 14.8. The maximum Gasteiger partial charge on any atom is 0.289 e. The highest BCUT2D eigenvalue weighted by molar-refractivity contribution is 5.74. The van der Waals surface area contributed by atoms with Gasteiger partial charge in [-0.15, -0.1) is 0 Å². The molecule has 0 amide bonds. The second kappa shape index (κ2) is 5.53. The van der Waals surface area contributed by atoms with E-state index in [1.807, 2.05) is 36.4 Å². The minimum Gasteiger partial charge on any atom is -0.286 e. The van der Waals surface area contributed by atoms with Crippen LogP contribution in [0.4, 0.5) is 5.82 Å².